The van der Waals surface area contributed by atoms with Crippen molar-refractivity contribution >= 4 is 17.0 Å². The molecule has 0 radical (unpaired) electrons. The number of halogens is 4. The van der Waals surface area contributed by atoms with Crippen LogP contribution in [0.15, 0.2) is 42.5 Å². The van der Waals surface area contributed by atoms with Crippen LogP contribution in [0.4, 0.5) is 23.5 Å². The maximum absolute atomic E-state index is 14.0. The minimum atomic E-state index is -4.56. The average Bonchev–Trinajstić information content (AvgIpc) is 2.74. The van der Waals surface area contributed by atoms with E-state index in [2.05, 4.69) is 4.98 Å². The largest absolute Gasteiger partial charge is 0.416 e. The Morgan fingerprint density at radius 1 is 1.05 bits per heavy atom. The molecule has 7 heteroatoms. The van der Waals surface area contributed by atoms with E-state index in [1.165, 1.54) is 4.57 Å². The molecule has 0 unspecified atom stereocenters. The number of aromatic nitrogens is 2. The molecule has 0 bridgehead atoms. The molecule has 1 aromatic heterocycles. The molecule has 2 N–H and O–H groups in total. The van der Waals surface area contributed by atoms with Crippen molar-refractivity contribution in [1.29, 1.82) is 0 Å². The van der Waals surface area contributed by atoms with Crippen molar-refractivity contribution in [3.05, 3.63) is 53.8 Å². The van der Waals surface area contributed by atoms with Crippen LogP contribution >= 0.6 is 0 Å². The second kappa shape index (κ2) is 4.47. The van der Waals surface area contributed by atoms with Crippen molar-refractivity contribution in [2.45, 2.75) is 6.18 Å². The van der Waals surface area contributed by atoms with E-state index in [4.69, 9.17) is 5.73 Å². The number of hydrogen-bond donors (Lipinski definition) is 1. The third kappa shape index (κ3) is 2.20. The van der Waals surface area contributed by atoms with Crippen LogP contribution in [0.1, 0.15) is 5.56 Å². The fourth-order valence-electron chi connectivity index (χ4n) is 2.16. The number of nitrogens with zero attached hydrogens (tertiary/aromatic N) is 2. The number of nitrogens with two attached hydrogens (primary N) is 1. The second-order valence-corrected chi connectivity index (χ2v) is 4.46. The van der Waals surface area contributed by atoms with Gasteiger partial charge in [0.05, 0.1) is 22.3 Å². The first-order valence-corrected chi connectivity index (χ1v) is 5.98. The van der Waals surface area contributed by atoms with Crippen LogP contribution in [0.25, 0.3) is 16.7 Å². The summed E-state index contributed by atoms with van der Waals surface area (Å²) in [4.78, 5) is 4.02. The highest BCUT2D eigenvalue weighted by molar-refractivity contribution is 5.80. The van der Waals surface area contributed by atoms with Crippen LogP contribution in [-0.2, 0) is 6.18 Å². The quantitative estimate of drug-likeness (QED) is 0.695. The van der Waals surface area contributed by atoms with E-state index in [1.807, 2.05) is 0 Å². The van der Waals surface area contributed by atoms with Gasteiger partial charge >= 0.3 is 6.18 Å². The van der Waals surface area contributed by atoms with Crippen LogP contribution in [-0.4, -0.2) is 9.55 Å². The highest BCUT2D eigenvalue weighted by atomic mass is 19.4. The minimum absolute atomic E-state index is 0.0746. The molecule has 0 saturated heterocycles. The van der Waals surface area contributed by atoms with Crippen LogP contribution in [0.5, 0.6) is 0 Å². The Labute approximate surface area is 116 Å². The lowest BCUT2D eigenvalue weighted by Gasteiger charge is -2.12. The lowest BCUT2D eigenvalue weighted by atomic mass is 10.2. The van der Waals surface area contributed by atoms with Crippen molar-refractivity contribution in [1.82, 2.24) is 9.55 Å². The summed E-state index contributed by atoms with van der Waals surface area (Å²) in [6, 6.07) is 8.82. The van der Waals surface area contributed by atoms with E-state index in [-0.39, 0.29) is 11.6 Å². The predicted molar refractivity (Wildman–Crippen MR) is 70.4 cm³/mol. The molecule has 0 fully saturated rings. The Kier molecular flexibility index (Phi) is 2.86. The number of imidazole rings is 1. The summed E-state index contributed by atoms with van der Waals surface area (Å²) < 4.78 is 53.5. The van der Waals surface area contributed by atoms with Gasteiger partial charge in [-0.2, -0.15) is 13.2 Å². The first kappa shape index (κ1) is 13.4. The third-order valence-electron chi connectivity index (χ3n) is 3.10. The highest BCUT2D eigenvalue weighted by Gasteiger charge is 2.31. The first-order chi connectivity index (χ1) is 9.88. The normalized spacial score (nSPS) is 12.0. The molecule has 3 aromatic rings. The lowest BCUT2D eigenvalue weighted by Crippen LogP contribution is -2.09. The van der Waals surface area contributed by atoms with E-state index in [0.717, 1.165) is 12.1 Å². The van der Waals surface area contributed by atoms with Gasteiger partial charge in [0.15, 0.2) is 0 Å². The number of hydrogen-bond acceptors (Lipinski definition) is 2. The van der Waals surface area contributed by atoms with Gasteiger partial charge in [-0.25, -0.2) is 9.37 Å². The molecule has 0 aliphatic heterocycles. The SMILES string of the molecule is Nc1nc2ccccc2n1-c1cc(C(F)(F)F)ccc1F. The second-order valence-electron chi connectivity index (χ2n) is 4.46. The molecule has 0 atom stereocenters. The van der Waals surface area contributed by atoms with Crippen LogP contribution in [0.3, 0.4) is 0 Å². The minimum Gasteiger partial charge on any atom is -0.369 e. The van der Waals surface area contributed by atoms with Crippen molar-refractivity contribution < 1.29 is 17.6 Å². The third-order valence-corrected chi connectivity index (χ3v) is 3.10. The molecule has 0 aliphatic carbocycles. The molecule has 21 heavy (non-hydrogen) atoms. The van der Waals surface area contributed by atoms with E-state index in [9.17, 15) is 17.6 Å². The molecule has 108 valence electrons. The fraction of sp³-hybridized carbons (Fsp3) is 0.0714. The maximum Gasteiger partial charge on any atom is 0.416 e. The van der Waals surface area contributed by atoms with E-state index < -0.39 is 17.6 Å². The Balaban J connectivity index is 2.30. The summed E-state index contributed by atoms with van der Waals surface area (Å²) in [6.45, 7) is 0. The summed E-state index contributed by atoms with van der Waals surface area (Å²) >= 11 is 0. The number of anilines is 1. The standard InChI is InChI=1S/C14H9F4N3/c15-9-6-5-8(14(16,17)18)7-12(9)21-11-4-2-1-3-10(11)20-13(21)19/h1-7H,(H2,19,20). The Morgan fingerprint density at radius 2 is 1.76 bits per heavy atom. The van der Waals surface area contributed by atoms with Gasteiger partial charge in [-0.1, -0.05) is 12.1 Å². The van der Waals surface area contributed by atoms with Crippen LogP contribution in [0.2, 0.25) is 0 Å². The van der Waals surface area contributed by atoms with Gasteiger partial charge in [0.2, 0.25) is 5.95 Å². The number of alkyl halides is 3. The van der Waals surface area contributed by atoms with Gasteiger partial charge in [-0.05, 0) is 30.3 Å². The molecule has 0 spiro atoms. The van der Waals surface area contributed by atoms with Crippen LogP contribution in [0, 0.1) is 5.82 Å². The lowest BCUT2D eigenvalue weighted by molar-refractivity contribution is -0.137. The molecule has 0 amide bonds. The molecular weight excluding hydrogens is 286 g/mol. The van der Waals surface area contributed by atoms with Crippen molar-refractivity contribution in [2.24, 2.45) is 0 Å². The Morgan fingerprint density at radius 3 is 2.48 bits per heavy atom. The highest BCUT2D eigenvalue weighted by Crippen LogP contribution is 2.33. The molecular formula is C14H9F4N3. The Bertz CT molecular complexity index is 821. The van der Waals surface area contributed by atoms with Crippen molar-refractivity contribution in [3.63, 3.8) is 0 Å². The van der Waals surface area contributed by atoms with Crippen molar-refractivity contribution in [2.75, 3.05) is 5.73 Å². The zero-order valence-electron chi connectivity index (χ0n) is 10.5. The zero-order valence-corrected chi connectivity index (χ0v) is 10.5. The van der Waals surface area contributed by atoms with Gasteiger partial charge in [0, 0.05) is 0 Å². The van der Waals surface area contributed by atoms with E-state index in [0.29, 0.717) is 17.1 Å². The average molecular weight is 295 g/mol. The summed E-state index contributed by atoms with van der Waals surface area (Å²) in [5.41, 5.74) is 5.40. The summed E-state index contributed by atoms with van der Waals surface area (Å²) in [5.74, 6) is -0.882. The fourth-order valence-corrected chi connectivity index (χ4v) is 2.16. The van der Waals surface area contributed by atoms with Crippen molar-refractivity contribution in [3.8, 4) is 5.69 Å². The summed E-state index contributed by atoms with van der Waals surface area (Å²) in [7, 11) is 0. The zero-order chi connectivity index (χ0) is 15.2. The number of nitrogen functional groups attached to an aromatic ring is 1. The van der Waals surface area contributed by atoms with Gasteiger partial charge in [-0.15, -0.1) is 0 Å². The predicted octanol–water partition coefficient (Wildman–Crippen LogP) is 3.77. The number of benzene rings is 2. The molecule has 3 rings (SSSR count). The van der Waals surface area contributed by atoms with Gasteiger partial charge in [0.25, 0.3) is 0 Å². The van der Waals surface area contributed by atoms with Gasteiger partial charge in [-0.3, -0.25) is 4.57 Å². The molecule has 0 saturated carbocycles. The maximum atomic E-state index is 14.0. The summed E-state index contributed by atoms with van der Waals surface area (Å²) in [5, 5.41) is 0. The van der Waals surface area contributed by atoms with Crippen LogP contribution < -0.4 is 5.73 Å². The summed E-state index contributed by atoms with van der Waals surface area (Å²) in [6.07, 6.45) is -4.56. The molecule has 1 heterocycles. The van der Waals surface area contributed by atoms with E-state index in [1.54, 1.807) is 24.3 Å². The monoisotopic (exact) mass is 295 g/mol. The van der Waals surface area contributed by atoms with E-state index >= 15 is 0 Å². The Hall–Kier alpha value is -2.57. The number of rotatable bonds is 1. The van der Waals surface area contributed by atoms with Gasteiger partial charge < -0.3 is 5.73 Å². The smallest absolute Gasteiger partial charge is 0.369 e. The molecule has 3 nitrogen and oxygen atoms in total. The number of para-hydroxylation sites is 2. The number of fused-ring (bicyclic) bond motifs is 1. The first-order valence-electron chi connectivity index (χ1n) is 5.98. The van der Waals surface area contributed by atoms with Gasteiger partial charge in [0.1, 0.15) is 5.82 Å². The molecule has 2 aromatic carbocycles. The molecule has 0 aliphatic rings. The topological polar surface area (TPSA) is 43.8 Å².